The van der Waals surface area contributed by atoms with Gasteiger partial charge in [0, 0.05) is 6.92 Å². The molecule has 2 unspecified atom stereocenters. The van der Waals surface area contributed by atoms with E-state index < -0.39 is 17.9 Å². The van der Waals surface area contributed by atoms with Crippen LogP contribution in [0.1, 0.15) is 27.2 Å². The van der Waals surface area contributed by atoms with Crippen LogP contribution in [0.3, 0.4) is 0 Å². The number of nitrogens with two attached hydrogens (primary N) is 2. The summed E-state index contributed by atoms with van der Waals surface area (Å²) in [6.45, 7) is 4.98. The summed E-state index contributed by atoms with van der Waals surface area (Å²) in [6, 6.07) is -0.477. The van der Waals surface area contributed by atoms with Gasteiger partial charge in [-0.1, -0.05) is 20.3 Å². The van der Waals surface area contributed by atoms with Crippen molar-refractivity contribution in [3.63, 3.8) is 0 Å². The Morgan fingerprint density at radius 1 is 1.46 bits per heavy atom. The number of hydrogen-bond acceptors (Lipinski definition) is 3. The van der Waals surface area contributed by atoms with Crippen LogP contribution in [0.15, 0.2) is 0 Å². The molecule has 0 rings (SSSR count). The summed E-state index contributed by atoms with van der Waals surface area (Å²) in [5.41, 5.74) is 10.3. The lowest BCUT2D eigenvalue weighted by molar-refractivity contribution is -0.134. The second-order valence-electron chi connectivity index (χ2n) is 2.83. The molecular formula is C8H18N2O3. The molecule has 5 nitrogen and oxygen atoms in total. The van der Waals surface area contributed by atoms with Gasteiger partial charge in [-0.05, 0) is 5.92 Å². The van der Waals surface area contributed by atoms with E-state index in [9.17, 15) is 4.79 Å². The largest absolute Gasteiger partial charge is 0.481 e. The van der Waals surface area contributed by atoms with Crippen molar-refractivity contribution in [2.24, 2.45) is 17.4 Å². The van der Waals surface area contributed by atoms with Crippen LogP contribution in [0.4, 0.5) is 0 Å². The molecule has 13 heavy (non-hydrogen) atoms. The van der Waals surface area contributed by atoms with Crippen molar-refractivity contribution in [3.05, 3.63) is 0 Å². The first kappa shape index (κ1) is 14.4. The Balaban J connectivity index is 0. The first-order valence-electron chi connectivity index (χ1n) is 4.07. The Hall–Kier alpha value is -1.10. The molecule has 0 aliphatic heterocycles. The number of carbonyl (C=O) groups excluding carboxylic acids is 1. The zero-order valence-electron chi connectivity index (χ0n) is 8.28. The van der Waals surface area contributed by atoms with Crippen molar-refractivity contribution < 1.29 is 14.7 Å². The van der Waals surface area contributed by atoms with Crippen LogP contribution in [0.2, 0.25) is 0 Å². The van der Waals surface area contributed by atoms with E-state index in [1.165, 1.54) is 0 Å². The number of carbonyl (C=O) groups is 2. The number of carboxylic acid groups (broad SMARTS) is 1. The Morgan fingerprint density at radius 2 is 1.77 bits per heavy atom. The van der Waals surface area contributed by atoms with E-state index in [2.05, 4.69) is 0 Å². The summed E-state index contributed by atoms with van der Waals surface area (Å²) in [5.74, 6) is -1.05. The van der Waals surface area contributed by atoms with Gasteiger partial charge >= 0.3 is 0 Å². The van der Waals surface area contributed by atoms with Gasteiger partial charge in [0.1, 0.15) is 0 Å². The molecule has 0 spiro atoms. The van der Waals surface area contributed by atoms with E-state index in [1.807, 2.05) is 13.8 Å². The average Bonchev–Trinajstić information content (AvgIpc) is 2.00. The zero-order chi connectivity index (χ0) is 11.0. The topological polar surface area (TPSA) is 106 Å². The van der Waals surface area contributed by atoms with Crippen molar-refractivity contribution in [1.29, 1.82) is 0 Å². The maximum Gasteiger partial charge on any atom is 0.300 e. The highest BCUT2D eigenvalue weighted by Gasteiger charge is 2.15. The number of hydrogen-bond donors (Lipinski definition) is 3. The maximum atomic E-state index is 10.4. The number of rotatable bonds is 3. The second kappa shape index (κ2) is 7.54. The molecule has 0 aromatic carbocycles. The molecule has 0 aliphatic carbocycles. The molecule has 78 valence electrons. The molecule has 0 aromatic rings. The predicted molar refractivity (Wildman–Crippen MR) is 49.9 cm³/mol. The highest BCUT2D eigenvalue weighted by molar-refractivity contribution is 5.79. The summed E-state index contributed by atoms with van der Waals surface area (Å²) < 4.78 is 0. The average molecular weight is 190 g/mol. The van der Waals surface area contributed by atoms with Crippen molar-refractivity contribution in [2.75, 3.05) is 0 Å². The smallest absolute Gasteiger partial charge is 0.300 e. The van der Waals surface area contributed by atoms with E-state index in [-0.39, 0.29) is 5.92 Å². The van der Waals surface area contributed by atoms with Gasteiger partial charge in [0.05, 0.1) is 6.04 Å². The summed E-state index contributed by atoms with van der Waals surface area (Å²) in [7, 11) is 0. The third-order valence-electron chi connectivity index (χ3n) is 1.59. The van der Waals surface area contributed by atoms with Crippen molar-refractivity contribution in [1.82, 2.24) is 0 Å². The quantitative estimate of drug-likeness (QED) is 0.579. The van der Waals surface area contributed by atoms with Crippen LogP contribution in [-0.4, -0.2) is 23.0 Å². The van der Waals surface area contributed by atoms with Crippen LogP contribution in [-0.2, 0) is 9.59 Å². The van der Waals surface area contributed by atoms with Crippen LogP contribution >= 0.6 is 0 Å². The van der Waals surface area contributed by atoms with Gasteiger partial charge in [-0.15, -0.1) is 0 Å². The van der Waals surface area contributed by atoms with Gasteiger partial charge in [-0.3, -0.25) is 9.59 Å². The van der Waals surface area contributed by atoms with Gasteiger partial charge < -0.3 is 16.6 Å². The summed E-state index contributed by atoms with van der Waals surface area (Å²) in [5, 5.41) is 7.42. The Kier molecular flexibility index (Phi) is 8.37. The van der Waals surface area contributed by atoms with Crippen molar-refractivity contribution >= 4 is 11.9 Å². The third-order valence-corrected chi connectivity index (χ3v) is 1.59. The fraction of sp³-hybridized carbons (Fsp3) is 0.750. The standard InChI is InChI=1S/C6H14N2O.C2H4O2/c1-3-4(2)5(7)6(8)9;1-2(3)4/h4-5H,3,7H2,1-2H3,(H2,8,9);1H3,(H,3,4). The van der Waals surface area contributed by atoms with Crippen LogP contribution in [0.5, 0.6) is 0 Å². The van der Waals surface area contributed by atoms with E-state index in [1.54, 1.807) is 0 Å². The fourth-order valence-electron chi connectivity index (χ4n) is 0.534. The lowest BCUT2D eigenvalue weighted by atomic mass is 10.00. The number of carboxylic acids is 1. The highest BCUT2D eigenvalue weighted by atomic mass is 16.4. The molecule has 0 bridgehead atoms. The molecule has 0 heterocycles. The molecule has 0 aliphatic rings. The molecule has 0 saturated carbocycles. The van der Waals surface area contributed by atoms with E-state index in [0.717, 1.165) is 13.3 Å². The first-order valence-corrected chi connectivity index (χ1v) is 4.07. The minimum atomic E-state index is -0.833. The molecule has 5 heteroatoms. The summed E-state index contributed by atoms with van der Waals surface area (Å²) in [4.78, 5) is 19.4. The second-order valence-corrected chi connectivity index (χ2v) is 2.83. The molecule has 0 aromatic heterocycles. The fourth-order valence-corrected chi connectivity index (χ4v) is 0.534. The Morgan fingerprint density at radius 3 is 1.85 bits per heavy atom. The first-order chi connectivity index (χ1) is 5.82. The highest BCUT2D eigenvalue weighted by Crippen LogP contribution is 2.03. The lowest BCUT2D eigenvalue weighted by Crippen LogP contribution is -2.41. The lowest BCUT2D eigenvalue weighted by Gasteiger charge is -2.13. The van der Waals surface area contributed by atoms with Crippen LogP contribution in [0, 0.1) is 5.92 Å². The molecule has 0 fully saturated rings. The minimum Gasteiger partial charge on any atom is -0.481 e. The van der Waals surface area contributed by atoms with Crippen LogP contribution in [0.25, 0.3) is 0 Å². The summed E-state index contributed by atoms with van der Waals surface area (Å²) in [6.07, 6.45) is 0.893. The minimum absolute atomic E-state index is 0.197. The van der Waals surface area contributed by atoms with Crippen molar-refractivity contribution in [3.8, 4) is 0 Å². The molecular weight excluding hydrogens is 172 g/mol. The normalized spacial score (nSPS) is 13.5. The van der Waals surface area contributed by atoms with Gasteiger partial charge in [-0.2, -0.15) is 0 Å². The van der Waals surface area contributed by atoms with Gasteiger partial charge in [0.2, 0.25) is 5.91 Å². The van der Waals surface area contributed by atoms with Crippen molar-refractivity contribution in [2.45, 2.75) is 33.2 Å². The van der Waals surface area contributed by atoms with Crippen LogP contribution < -0.4 is 11.5 Å². The maximum absolute atomic E-state index is 10.4. The van der Waals surface area contributed by atoms with Gasteiger partial charge in [0.25, 0.3) is 5.97 Å². The monoisotopic (exact) mass is 190 g/mol. The molecule has 5 N–H and O–H groups in total. The SMILES string of the molecule is CC(=O)O.CCC(C)C(N)C(N)=O. The third kappa shape index (κ3) is 10.9. The zero-order valence-corrected chi connectivity index (χ0v) is 8.28. The molecule has 0 saturated heterocycles. The van der Waals surface area contributed by atoms with Gasteiger partial charge in [-0.25, -0.2) is 0 Å². The predicted octanol–water partition coefficient (Wildman–Crippen LogP) is -0.0640. The molecule has 2 atom stereocenters. The molecule has 0 radical (unpaired) electrons. The van der Waals surface area contributed by atoms with E-state index in [4.69, 9.17) is 21.4 Å². The van der Waals surface area contributed by atoms with Gasteiger partial charge in [0.15, 0.2) is 0 Å². The number of aliphatic carboxylic acids is 1. The number of primary amides is 1. The Bertz CT molecular complexity index is 167. The Labute approximate surface area is 78.1 Å². The van der Waals surface area contributed by atoms with E-state index >= 15 is 0 Å². The number of amides is 1. The van der Waals surface area contributed by atoms with E-state index in [0.29, 0.717) is 0 Å². The molecule has 1 amide bonds. The summed E-state index contributed by atoms with van der Waals surface area (Å²) >= 11 is 0.